The maximum absolute atomic E-state index is 12.1. The molecule has 1 aromatic heterocycles. The maximum atomic E-state index is 12.1. The van der Waals surface area contributed by atoms with Crippen molar-refractivity contribution in [3.8, 4) is 11.8 Å². The average Bonchev–Trinajstić information content (AvgIpc) is 3.07. The summed E-state index contributed by atoms with van der Waals surface area (Å²) in [6.07, 6.45) is -3.55. The zero-order chi connectivity index (χ0) is 20.7. The number of rotatable bonds is 6. The largest absolute Gasteiger partial charge is 0.573 e. The van der Waals surface area contributed by atoms with Gasteiger partial charge in [-0.3, -0.25) is 4.79 Å². The van der Waals surface area contributed by atoms with Gasteiger partial charge in [-0.25, -0.2) is 4.79 Å². The van der Waals surface area contributed by atoms with Gasteiger partial charge < -0.3 is 14.8 Å². The van der Waals surface area contributed by atoms with E-state index >= 15 is 0 Å². The number of carbonyl (C=O) groups is 2. The molecule has 146 valence electrons. The molecule has 0 aliphatic rings. The van der Waals surface area contributed by atoms with Crippen molar-refractivity contribution in [2.24, 2.45) is 0 Å². The Labute approximate surface area is 161 Å². The van der Waals surface area contributed by atoms with Gasteiger partial charge in [0.15, 0.2) is 6.10 Å². The zero-order valence-electron chi connectivity index (χ0n) is 14.3. The minimum atomic E-state index is -4.78. The van der Waals surface area contributed by atoms with Crippen molar-refractivity contribution >= 4 is 34.3 Å². The SMILES string of the molecule is CC(OC(=O)/C=C/c1ccc(OC(F)(F)F)cc1)C(=O)Nc1sccc1C#N. The van der Waals surface area contributed by atoms with Crippen LogP contribution >= 0.6 is 11.3 Å². The molecule has 1 N–H and O–H groups in total. The van der Waals surface area contributed by atoms with Crippen LogP contribution in [-0.4, -0.2) is 24.3 Å². The minimum Gasteiger partial charge on any atom is -0.449 e. The van der Waals surface area contributed by atoms with Crippen molar-refractivity contribution in [1.29, 1.82) is 5.26 Å². The fourth-order valence-electron chi connectivity index (χ4n) is 1.92. The standard InChI is InChI=1S/C18H13F3N2O4S/c1-11(16(25)23-17-13(10-22)8-9-28-17)26-15(24)7-4-12-2-5-14(6-3-12)27-18(19,20)21/h2-9,11H,1H3,(H,23,25)/b7-4+. The molecule has 28 heavy (non-hydrogen) atoms. The van der Waals surface area contributed by atoms with Crippen LogP contribution in [0.3, 0.4) is 0 Å². The molecule has 6 nitrogen and oxygen atoms in total. The summed E-state index contributed by atoms with van der Waals surface area (Å²) in [6.45, 7) is 1.37. The molecular formula is C18H13F3N2O4S. The predicted octanol–water partition coefficient (Wildman–Crippen LogP) is 4.10. The summed E-state index contributed by atoms with van der Waals surface area (Å²) in [4.78, 5) is 23.8. The summed E-state index contributed by atoms with van der Waals surface area (Å²) < 4.78 is 45.0. The molecule has 0 spiro atoms. The lowest BCUT2D eigenvalue weighted by molar-refractivity contribution is -0.274. The van der Waals surface area contributed by atoms with Crippen LogP contribution in [0.1, 0.15) is 18.1 Å². The topological polar surface area (TPSA) is 88.4 Å². The van der Waals surface area contributed by atoms with E-state index in [1.54, 1.807) is 11.4 Å². The molecule has 0 saturated carbocycles. The van der Waals surface area contributed by atoms with Gasteiger partial charge in [0, 0.05) is 6.08 Å². The summed E-state index contributed by atoms with van der Waals surface area (Å²) in [5.41, 5.74) is 0.732. The number of nitrogens with zero attached hydrogens (tertiary/aromatic N) is 1. The van der Waals surface area contributed by atoms with Crippen LogP contribution in [0, 0.1) is 11.3 Å². The molecule has 1 atom stereocenters. The Bertz CT molecular complexity index is 914. The first-order chi connectivity index (χ1) is 13.2. The number of thiophene rings is 1. The molecule has 0 aliphatic heterocycles. The maximum Gasteiger partial charge on any atom is 0.573 e. The van der Waals surface area contributed by atoms with Crippen LogP contribution in [0.5, 0.6) is 5.75 Å². The van der Waals surface area contributed by atoms with E-state index in [9.17, 15) is 22.8 Å². The van der Waals surface area contributed by atoms with Gasteiger partial charge in [-0.2, -0.15) is 5.26 Å². The highest BCUT2D eigenvalue weighted by Gasteiger charge is 2.30. The predicted molar refractivity (Wildman–Crippen MR) is 95.4 cm³/mol. The van der Waals surface area contributed by atoms with Crippen molar-refractivity contribution in [3.05, 3.63) is 52.9 Å². The molecule has 1 amide bonds. The number of alkyl halides is 3. The molecule has 1 unspecified atom stereocenters. The Morgan fingerprint density at radius 3 is 2.54 bits per heavy atom. The van der Waals surface area contributed by atoms with E-state index in [4.69, 9.17) is 10.00 Å². The number of anilines is 1. The third-order valence-electron chi connectivity index (χ3n) is 3.21. The van der Waals surface area contributed by atoms with E-state index in [0.29, 0.717) is 16.1 Å². The van der Waals surface area contributed by atoms with Crippen molar-refractivity contribution in [2.45, 2.75) is 19.4 Å². The van der Waals surface area contributed by atoms with Gasteiger partial charge in [0.1, 0.15) is 16.8 Å². The fourth-order valence-corrected chi connectivity index (χ4v) is 2.66. The number of amides is 1. The zero-order valence-corrected chi connectivity index (χ0v) is 15.1. The smallest absolute Gasteiger partial charge is 0.449 e. The highest BCUT2D eigenvalue weighted by Crippen LogP contribution is 2.23. The summed E-state index contributed by atoms with van der Waals surface area (Å²) in [7, 11) is 0. The highest BCUT2D eigenvalue weighted by molar-refractivity contribution is 7.14. The molecular weight excluding hydrogens is 397 g/mol. The molecule has 2 rings (SSSR count). The van der Waals surface area contributed by atoms with E-state index in [1.807, 2.05) is 6.07 Å². The summed E-state index contributed by atoms with van der Waals surface area (Å²) in [5, 5.41) is 13.4. The third-order valence-corrected chi connectivity index (χ3v) is 4.04. The number of benzene rings is 1. The van der Waals surface area contributed by atoms with Crippen LogP contribution in [0.25, 0.3) is 6.08 Å². The van der Waals surface area contributed by atoms with Crippen LogP contribution < -0.4 is 10.1 Å². The first-order valence-electron chi connectivity index (χ1n) is 7.71. The lowest BCUT2D eigenvalue weighted by atomic mass is 10.2. The fraction of sp³-hybridized carbons (Fsp3) is 0.167. The Morgan fingerprint density at radius 1 is 1.25 bits per heavy atom. The number of hydrogen-bond acceptors (Lipinski definition) is 6. The second kappa shape index (κ2) is 9.05. The second-order valence-corrected chi connectivity index (χ2v) is 6.21. The average molecular weight is 410 g/mol. The molecule has 0 fully saturated rings. The Hall–Kier alpha value is -3.32. The summed E-state index contributed by atoms with van der Waals surface area (Å²) in [5.74, 6) is -1.80. The van der Waals surface area contributed by atoms with E-state index in [0.717, 1.165) is 29.5 Å². The normalized spacial score (nSPS) is 12.2. The van der Waals surface area contributed by atoms with Gasteiger partial charge in [-0.1, -0.05) is 12.1 Å². The monoisotopic (exact) mass is 410 g/mol. The number of esters is 1. The molecule has 2 aromatic rings. The number of halogens is 3. The van der Waals surface area contributed by atoms with E-state index in [2.05, 4.69) is 10.1 Å². The third kappa shape index (κ3) is 6.44. The molecule has 1 heterocycles. The Balaban J connectivity index is 1.88. The summed E-state index contributed by atoms with van der Waals surface area (Å²) >= 11 is 1.16. The van der Waals surface area contributed by atoms with E-state index < -0.39 is 24.3 Å². The Kier molecular flexibility index (Phi) is 6.79. The minimum absolute atomic E-state index is 0.301. The van der Waals surface area contributed by atoms with Crippen LogP contribution in [0.2, 0.25) is 0 Å². The van der Waals surface area contributed by atoms with Gasteiger partial charge in [-0.15, -0.1) is 24.5 Å². The van der Waals surface area contributed by atoms with Crippen LogP contribution in [0.4, 0.5) is 18.2 Å². The van der Waals surface area contributed by atoms with E-state index in [-0.39, 0.29) is 5.75 Å². The number of carbonyl (C=O) groups excluding carboxylic acids is 2. The second-order valence-electron chi connectivity index (χ2n) is 5.29. The molecule has 0 aliphatic carbocycles. The quantitative estimate of drug-likeness (QED) is 0.572. The lowest BCUT2D eigenvalue weighted by Crippen LogP contribution is -2.29. The van der Waals surface area contributed by atoms with E-state index in [1.165, 1.54) is 25.1 Å². The lowest BCUT2D eigenvalue weighted by Gasteiger charge is -2.11. The number of nitrogens with one attached hydrogen (secondary N) is 1. The molecule has 0 saturated heterocycles. The summed E-state index contributed by atoms with van der Waals surface area (Å²) in [6, 6.07) is 8.31. The molecule has 1 aromatic carbocycles. The highest BCUT2D eigenvalue weighted by atomic mass is 32.1. The van der Waals surface area contributed by atoms with Crippen molar-refractivity contribution in [3.63, 3.8) is 0 Å². The first-order valence-corrected chi connectivity index (χ1v) is 8.59. The number of hydrogen-bond donors (Lipinski definition) is 1. The van der Waals surface area contributed by atoms with Crippen molar-refractivity contribution in [1.82, 2.24) is 0 Å². The van der Waals surface area contributed by atoms with Gasteiger partial charge in [0.25, 0.3) is 5.91 Å². The first kappa shape index (κ1) is 21.0. The van der Waals surface area contributed by atoms with Crippen molar-refractivity contribution in [2.75, 3.05) is 5.32 Å². The van der Waals surface area contributed by atoms with Gasteiger partial charge in [0.2, 0.25) is 0 Å². The molecule has 0 radical (unpaired) electrons. The number of nitriles is 1. The molecule has 10 heteroatoms. The van der Waals surface area contributed by atoms with Crippen LogP contribution in [-0.2, 0) is 14.3 Å². The number of ether oxygens (including phenoxy) is 2. The van der Waals surface area contributed by atoms with Crippen LogP contribution in [0.15, 0.2) is 41.8 Å². The molecule has 0 bridgehead atoms. The van der Waals surface area contributed by atoms with Gasteiger partial charge in [-0.05, 0) is 42.1 Å². The van der Waals surface area contributed by atoms with Crippen molar-refractivity contribution < 1.29 is 32.2 Å². The van der Waals surface area contributed by atoms with Gasteiger partial charge in [0.05, 0.1) is 5.56 Å². The van der Waals surface area contributed by atoms with Gasteiger partial charge >= 0.3 is 12.3 Å². The Morgan fingerprint density at radius 2 is 1.93 bits per heavy atom.